The topological polar surface area (TPSA) is 96.3 Å². The number of rotatable bonds is 7. The van der Waals surface area contributed by atoms with Gasteiger partial charge in [0.2, 0.25) is 0 Å². The van der Waals surface area contributed by atoms with Crippen molar-refractivity contribution in [1.29, 1.82) is 10.7 Å². The second kappa shape index (κ2) is 9.62. The van der Waals surface area contributed by atoms with Gasteiger partial charge < -0.3 is 15.6 Å². The van der Waals surface area contributed by atoms with Crippen LogP contribution < -0.4 is 10.2 Å². The Morgan fingerprint density at radius 2 is 2.06 bits per heavy atom. The van der Waals surface area contributed by atoms with E-state index < -0.39 is 0 Å². The molecule has 8 nitrogen and oxygen atoms in total. The van der Waals surface area contributed by atoms with Gasteiger partial charge in [-0.1, -0.05) is 6.92 Å². The standard InChI is InChI=1S/C24H28N8/c1-3-6-30-7-9-31(10-8-30)23-5-4-18(15-28-23)22-11-19(20(12-25)14-27-2)17-32-24(22)21(13-26)16-29-32/h4-5,11-12,14-17,25,27H,3,6-10H2,1-2H3/b20-14+,25-12?. The number of hydrogen-bond acceptors (Lipinski definition) is 7. The molecule has 4 rings (SSSR count). The third kappa shape index (κ3) is 4.20. The highest BCUT2D eigenvalue weighted by atomic mass is 15.3. The van der Waals surface area contributed by atoms with Crippen molar-refractivity contribution < 1.29 is 0 Å². The molecule has 164 valence electrons. The van der Waals surface area contributed by atoms with E-state index in [0.29, 0.717) is 5.56 Å². The summed E-state index contributed by atoms with van der Waals surface area (Å²) in [7, 11) is 1.80. The van der Waals surface area contributed by atoms with Crippen molar-refractivity contribution in [2.75, 3.05) is 44.7 Å². The van der Waals surface area contributed by atoms with Gasteiger partial charge in [-0.25, -0.2) is 9.50 Å². The lowest BCUT2D eigenvalue weighted by Gasteiger charge is -2.35. The molecule has 1 fully saturated rings. The zero-order valence-electron chi connectivity index (χ0n) is 18.5. The summed E-state index contributed by atoms with van der Waals surface area (Å²) in [6.07, 6.45) is 9.54. The number of nitrogens with zero attached hydrogens (tertiary/aromatic N) is 6. The third-order valence-corrected chi connectivity index (χ3v) is 5.82. The zero-order valence-corrected chi connectivity index (χ0v) is 18.5. The first kappa shape index (κ1) is 21.5. The van der Waals surface area contributed by atoms with Crippen LogP contribution in [-0.2, 0) is 0 Å². The lowest BCUT2D eigenvalue weighted by atomic mass is 10.0. The number of nitriles is 1. The number of nitrogens with one attached hydrogen (secondary N) is 2. The fourth-order valence-electron chi connectivity index (χ4n) is 4.19. The van der Waals surface area contributed by atoms with Crippen LogP contribution in [0.3, 0.4) is 0 Å². The first-order valence-electron chi connectivity index (χ1n) is 10.9. The number of anilines is 1. The average molecular weight is 429 g/mol. The Morgan fingerprint density at radius 3 is 2.69 bits per heavy atom. The lowest BCUT2D eigenvalue weighted by Crippen LogP contribution is -2.46. The highest BCUT2D eigenvalue weighted by molar-refractivity contribution is 6.08. The van der Waals surface area contributed by atoms with Crippen LogP contribution in [0.25, 0.3) is 22.2 Å². The zero-order chi connectivity index (χ0) is 22.5. The fourth-order valence-corrected chi connectivity index (χ4v) is 4.19. The van der Waals surface area contributed by atoms with Crippen molar-refractivity contribution in [1.82, 2.24) is 24.8 Å². The van der Waals surface area contributed by atoms with Crippen molar-refractivity contribution in [3.8, 4) is 17.2 Å². The monoisotopic (exact) mass is 428 g/mol. The van der Waals surface area contributed by atoms with Crippen molar-refractivity contribution in [2.24, 2.45) is 0 Å². The van der Waals surface area contributed by atoms with E-state index in [1.165, 1.54) is 12.6 Å². The Labute approximate surface area is 188 Å². The summed E-state index contributed by atoms with van der Waals surface area (Å²) in [5.41, 5.74) is 4.59. The minimum Gasteiger partial charge on any atom is -0.393 e. The van der Waals surface area contributed by atoms with Crippen molar-refractivity contribution in [3.05, 3.63) is 54.1 Å². The Hall–Kier alpha value is -3.70. The molecule has 2 N–H and O–H groups in total. The molecule has 4 heterocycles. The van der Waals surface area contributed by atoms with E-state index in [-0.39, 0.29) is 0 Å². The van der Waals surface area contributed by atoms with E-state index in [0.717, 1.165) is 66.3 Å². The molecule has 0 amide bonds. The molecule has 1 aliphatic rings. The minimum atomic E-state index is 0.511. The summed E-state index contributed by atoms with van der Waals surface area (Å²) in [6, 6.07) is 8.34. The highest BCUT2D eigenvalue weighted by Crippen LogP contribution is 2.30. The largest absolute Gasteiger partial charge is 0.393 e. The maximum absolute atomic E-state index is 9.59. The Balaban J connectivity index is 1.69. The molecule has 0 atom stereocenters. The number of piperazine rings is 1. The van der Waals surface area contributed by atoms with Crippen LogP contribution in [-0.4, -0.2) is 65.5 Å². The van der Waals surface area contributed by atoms with Gasteiger partial charge in [-0.3, -0.25) is 4.90 Å². The van der Waals surface area contributed by atoms with Gasteiger partial charge in [0.1, 0.15) is 11.9 Å². The summed E-state index contributed by atoms with van der Waals surface area (Å²) in [5.74, 6) is 0.973. The molecule has 32 heavy (non-hydrogen) atoms. The summed E-state index contributed by atoms with van der Waals surface area (Å²) >= 11 is 0. The van der Waals surface area contributed by atoms with E-state index in [2.05, 4.69) is 45.3 Å². The summed E-state index contributed by atoms with van der Waals surface area (Å²) in [6.45, 7) is 7.45. The molecular weight excluding hydrogens is 400 g/mol. The lowest BCUT2D eigenvalue weighted by molar-refractivity contribution is 0.258. The van der Waals surface area contributed by atoms with Crippen LogP contribution in [0.5, 0.6) is 0 Å². The number of hydrogen-bond donors (Lipinski definition) is 2. The van der Waals surface area contributed by atoms with Gasteiger partial charge in [-0.05, 0) is 31.2 Å². The van der Waals surface area contributed by atoms with Gasteiger partial charge >= 0.3 is 0 Å². The molecule has 0 unspecified atom stereocenters. The van der Waals surface area contributed by atoms with E-state index in [1.807, 2.05) is 18.5 Å². The molecule has 0 radical (unpaired) electrons. The van der Waals surface area contributed by atoms with E-state index in [9.17, 15) is 5.26 Å². The minimum absolute atomic E-state index is 0.511. The molecule has 0 aliphatic carbocycles. The quantitative estimate of drug-likeness (QED) is 0.562. The van der Waals surface area contributed by atoms with E-state index >= 15 is 0 Å². The Morgan fingerprint density at radius 1 is 1.25 bits per heavy atom. The Kier molecular flexibility index (Phi) is 6.47. The highest BCUT2D eigenvalue weighted by Gasteiger charge is 2.18. The van der Waals surface area contributed by atoms with Crippen LogP contribution in [0.1, 0.15) is 24.5 Å². The molecular formula is C24H28N8. The van der Waals surface area contributed by atoms with Crippen LogP contribution in [0, 0.1) is 16.7 Å². The van der Waals surface area contributed by atoms with Crippen molar-refractivity contribution in [3.63, 3.8) is 0 Å². The molecule has 3 aromatic heterocycles. The molecule has 3 aromatic rings. The summed E-state index contributed by atoms with van der Waals surface area (Å²) in [4.78, 5) is 9.57. The van der Waals surface area contributed by atoms with E-state index in [1.54, 1.807) is 24.0 Å². The molecule has 0 spiro atoms. The van der Waals surface area contributed by atoms with Gasteiger partial charge in [-0.15, -0.1) is 0 Å². The molecule has 0 bridgehead atoms. The Bertz CT molecular complexity index is 1160. The predicted octanol–water partition coefficient (Wildman–Crippen LogP) is 3.01. The number of aromatic nitrogens is 3. The van der Waals surface area contributed by atoms with E-state index in [4.69, 9.17) is 10.4 Å². The first-order chi connectivity index (χ1) is 15.7. The smallest absolute Gasteiger partial charge is 0.128 e. The molecule has 1 saturated heterocycles. The van der Waals surface area contributed by atoms with Crippen molar-refractivity contribution >= 4 is 23.1 Å². The molecule has 0 saturated carbocycles. The number of pyridine rings is 2. The van der Waals surface area contributed by atoms with Crippen LogP contribution in [0.15, 0.2) is 43.0 Å². The van der Waals surface area contributed by atoms with Gasteiger partial charge in [-0.2, -0.15) is 10.4 Å². The SMILES string of the molecule is CCCN1CCN(c2ccc(-c3cc(/C(C=N)=C/NC)cn4ncc(C#N)c34)cn2)CC1. The third-order valence-electron chi connectivity index (χ3n) is 5.82. The second-order valence-corrected chi connectivity index (χ2v) is 7.87. The normalized spacial score (nSPS) is 15.0. The fraction of sp³-hybridized carbons (Fsp3) is 0.333. The van der Waals surface area contributed by atoms with Gasteiger partial charge in [0.05, 0.1) is 17.3 Å². The maximum atomic E-state index is 9.59. The predicted molar refractivity (Wildman–Crippen MR) is 128 cm³/mol. The van der Waals surface area contributed by atoms with Crippen LogP contribution >= 0.6 is 0 Å². The van der Waals surface area contributed by atoms with Crippen molar-refractivity contribution in [2.45, 2.75) is 13.3 Å². The second-order valence-electron chi connectivity index (χ2n) is 7.87. The first-order valence-corrected chi connectivity index (χ1v) is 10.9. The molecule has 0 aromatic carbocycles. The maximum Gasteiger partial charge on any atom is 0.128 e. The van der Waals surface area contributed by atoms with Gasteiger partial charge in [0.15, 0.2) is 0 Å². The molecule has 8 heteroatoms. The van der Waals surface area contributed by atoms with Gasteiger partial charge in [0.25, 0.3) is 0 Å². The van der Waals surface area contributed by atoms with Crippen LogP contribution in [0.4, 0.5) is 5.82 Å². The summed E-state index contributed by atoms with van der Waals surface area (Å²) in [5, 5.41) is 24.7. The summed E-state index contributed by atoms with van der Waals surface area (Å²) < 4.78 is 1.71. The molecule has 1 aliphatic heterocycles. The number of fused-ring (bicyclic) bond motifs is 1. The number of allylic oxidation sites excluding steroid dienone is 1. The average Bonchev–Trinajstić information content (AvgIpc) is 3.26. The van der Waals surface area contributed by atoms with Crippen LogP contribution in [0.2, 0.25) is 0 Å². The van der Waals surface area contributed by atoms with Gasteiger partial charge in [0, 0.05) is 80.3 Å².